The van der Waals surface area contributed by atoms with Crippen LogP contribution < -0.4 is 0 Å². The molecule has 0 aliphatic heterocycles. The van der Waals surface area contributed by atoms with E-state index in [1.807, 2.05) is 0 Å². The second-order valence-electron chi connectivity index (χ2n) is 7.74. The van der Waals surface area contributed by atoms with Crippen LogP contribution in [0.1, 0.15) is 111 Å². The number of carbonyl (C=O) groups is 1. The molecule has 0 spiro atoms. The van der Waals surface area contributed by atoms with Gasteiger partial charge in [0.25, 0.3) is 0 Å². The summed E-state index contributed by atoms with van der Waals surface area (Å²) in [5.41, 5.74) is 0. The van der Waals surface area contributed by atoms with Gasteiger partial charge >= 0.3 is 146 Å². The zero-order valence-electron chi connectivity index (χ0n) is 17.6. The van der Waals surface area contributed by atoms with Gasteiger partial charge in [-0.2, -0.15) is 0 Å². The molecule has 150 valence electrons. The Kier molecular flexibility index (Phi) is 20.8. The average Bonchev–Trinajstić information content (AvgIpc) is 2.62. The van der Waals surface area contributed by atoms with Crippen LogP contribution in [-0.4, -0.2) is 32.3 Å². The molecule has 0 heterocycles. The van der Waals surface area contributed by atoms with Crippen molar-refractivity contribution in [3.8, 4) is 0 Å². The normalized spacial score (nSPS) is 11.2. The Bertz CT molecular complexity index is 273. The fourth-order valence-corrected chi connectivity index (χ4v) is 12.8. The van der Waals surface area contributed by atoms with Gasteiger partial charge in [-0.05, 0) is 0 Å². The van der Waals surface area contributed by atoms with Gasteiger partial charge in [-0.25, -0.2) is 0 Å². The molecule has 0 aromatic rings. The van der Waals surface area contributed by atoms with Gasteiger partial charge in [0, 0.05) is 0 Å². The van der Waals surface area contributed by atoms with Crippen LogP contribution in [0, 0.1) is 0 Å². The summed E-state index contributed by atoms with van der Waals surface area (Å²) in [7, 11) is 0. The van der Waals surface area contributed by atoms with Gasteiger partial charge in [-0.15, -0.1) is 0 Å². The Hall–Kier alpha value is 0.269. The molecule has 3 heteroatoms. The van der Waals surface area contributed by atoms with Gasteiger partial charge in [-0.1, -0.05) is 19.8 Å². The fraction of sp³-hybridized carbons (Fsp3) is 0.955. The zero-order chi connectivity index (χ0) is 18.6. The Labute approximate surface area is 165 Å². The number of hydrogen-bond donors (Lipinski definition) is 0. The maximum atomic E-state index is 11.9. The van der Waals surface area contributed by atoms with Crippen molar-refractivity contribution in [1.82, 2.24) is 0 Å². The maximum absolute atomic E-state index is 11.9. The van der Waals surface area contributed by atoms with E-state index < -0.39 is 19.8 Å². The summed E-state index contributed by atoms with van der Waals surface area (Å²) < 4.78 is 9.80. The molecule has 25 heavy (non-hydrogen) atoms. The summed E-state index contributed by atoms with van der Waals surface area (Å²) in [4.78, 5) is 11.9. The van der Waals surface area contributed by atoms with Crippen LogP contribution in [0.3, 0.4) is 0 Å². The Balaban J connectivity index is 3.51. The first-order chi connectivity index (χ1) is 12.2. The molecule has 0 aliphatic carbocycles. The Morgan fingerprint density at radius 2 is 1.12 bits per heavy atom. The van der Waals surface area contributed by atoms with Gasteiger partial charge in [0.15, 0.2) is 0 Å². The monoisotopic (exact) mass is 462 g/mol. The van der Waals surface area contributed by atoms with Crippen molar-refractivity contribution in [1.29, 1.82) is 0 Å². The van der Waals surface area contributed by atoms with Crippen LogP contribution in [-0.2, 0) is 9.53 Å². The molecule has 0 amide bonds. The second kappa shape index (κ2) is 20.6. The minimum atomic E-state index is -1.38. The van der Waals surface area contributed by atoms with Gasteiger partial charge < -0.3 is 0 Å². The molecule has 0 unspecified atom stereocenters. The predicted octanol–water partition coefficient (Wildman–Crippen LogP) is 7.28. The molecule has 0 bridgehead atoms. The SMILES string of the molecule is CCCCCCCCCCCC(=O)OC[CH2][SnH]([CH2]CCC)[CH2]CCC. The van der Waals surface area contributed by atoms with Crippen LogP contribution in [0.4, 0.5) is 0 Å². The quantitative estimate of drug-likeness (QED) is 0.115. The van der Waals surface area contributed by atoms with Crippen LogP contribution in [0.15, 0.2) is 0 Å². The van der Waals surface area contributed by atoms with Crippen LogP contribution >= 0.6 is 0 Å². The van der Waals surface area contributed by atoms with Gasteiger partial charge in [-0.3, -0.25) is 0 Å². The second-order valence-corrected chi connectivity index (χ2v) is 17.6. The standard InChI is InChI=1S/C14H27O2.2C4H9.Sn.H/c1-3-5-6-7-8-9-10-11-12-13-14(15)16-4-2;2*1-3-4-2;;/h2-13H2,1H3;2*1,3-4H2,2H3;;. The molecule has 0 atom stereocenters. The topological polar surface area (TPSA) is 26.3 Å². The summed E-state index contributed by atoms with van der Waals surface area (Å²) in [5, 5.41) is 0. The third-order valence-electron chi connectivity index (χ3n) is 5.21. The molecule has 0 saturated carbocycles. The number of ether oxygens (including phenoxy) is 1. The Morgan fingerprint density at radius 3 is 1.64 bits per heavy atom. The van der Waals surface area contributed by atoms with Crippen LogP contribution in [0.2, 0.25) is 13.3 Å². The van der Waals surface area contributed by atoms with E-state index >= 15 is 0 Å². The molecular formula is C22H46O2Sn. The first-order valence-corrected chi connectivity index (χ1v) is 18.4. The summed E-state index contributed by atoms with van der Waals surface area (Å²) in [6.45, 7) is 7.56. The van der Waals surface area contributed by atoms with Crippen molar-refractivity contribution in [2.75, 3.05) is 6.61 Å². The molecule has 0 aromatic heterocycles. The van der Waals surface area contributed by atoms with Crippen molar-refractivity contribution in [2.24, 2.45) is 0 Å². The van der Waals surface area contributed by atoms with Crippen LogP contribution in [0.25, 0.3) is 0 Å². The van der Waals surface area contributed by atoms with E-state index in [0.29, 0.717) is 6.42 Å². The molecule has 0 saturated heterocycles. The summed E-state index contributed by atoms with van der Waals surface area (Å²) in [5.74, 6) is 0.0546. The number of rotatable bonds is 19. The molecular weight excluding hydrogens is 415 g/mol. The van der Waals surface area contributed by atoms with Crippen molar-refractivity contribution in [3.05, 3.63) is 0 Å². The van der Waals surface area contributed by atoms with E-state index in [0.717, 1.165) is 13.0 Å². The molecule has 2 nitrogen and oxygen atoms in total. The summed E-state index contributed by atoms with van der Waals surface area (Å²) in [6, 6.07) is 0. The molecule has 0 fully saturated rings. The fourth-order valence-electron chi connectivity index (χ4n) is 3.41. The zero-order valence-corrected chi connectivity index (χ0v) is 20.9. The van der Waals surface area contributed by atoms with Crippen molar-refractivity contribution < 1.29 is 9.53 Å². The van der Waals surface area contributed by atoms with E-state index in [9.17, 15) is 4.79 Å². The van der Waals surface area contributed by atoms with E-state index in [1.54, 1.807) is 0 Å². The number of esters is 1. The average molecular weight is 461 g/mol. The van der Waals surface area contributed by atoms with Gasteiger partial charge in [0.05, 0.1) is 0 Å². The van der Waals surface area contributed by atoms with Gasteiger partial charge in [0.2, 0.25) is 0 Å². The first kappa shape index (κ1) is 25.3. The van der Waals surface area contributed by atoms with Crippen molar-refractivity contribution in [3.63, 3.8) is 0 Å². The molecule has 0 aliphatic rings. The van der Waals surface area contributed by atoms with Crippen molar-refractivity contribution >= 4 is 25.7 Å². The number of hydrogen-bond acceptors (Lipinski definition) is 2. The third-order valence-corrected chi connectivity index (χ3v) is 15.2. The molecule has 0 N–H and O–H groups in total. The summed E-state index contributed by atoms with van der Waals surface area (Å²) >= 11 is -1.38. The van der Waals surface area contributed by atoms with E-state index in [4.69, 9.17) is 4.74 Å². The number of unbranched alkanes of at least 4 members (excludes halogenated alkanes) is 10. The minimum absolute atomic E-state index is 0.0546. The first-order valence-electron chi connectivity index (χ1n) is 11.4. The summed E-state index contributed by atoms with van der Waals surface area (Å²) in [6.07, 6.45) is 17.8. The third kappa shape index (κ3) is 18.8. The van der Waals surface area contributed by atoms with Crippen molar-refractivity contribution in [2.45, 2.75) is 124 Å². The van der Waals surface area contributed by atoms with E-state index in [-0.39, 0.29) is 5.97 Å². The molecule has 0 rings (SSSR count). The van der Waals surface area contributed by atoms with E-state index in [2.05, 4.69) is 20.8 Å². The number of carbonyl (C=O) groups excluding carboxylic acids is 1. The van der Waals surface area contributed by atoms with E-state index in [1.165, 1.54) is 90.4 Å². The molecule has 0 radical (unpaired) electrons. The predicted molar refractivity (Wildman–Crippen MR) is 114 cm³/mol. The Morgan fingerprint density at radius 1 is 0.640 bits per heavy atom. The van der Waals surface area contributed by atoms with Gasteiger partial charge in [0.1, 0.15) is 0 Å². The van der Waals surface area contributed by atoms with Crippen LogP contribution in [0.5, 0.6) is 0 Å². The molecule has 0 aromatic carbocycles.